The maximum Gasteiger partial charge on any atom is 0.254 e. The van der Waals surface area contributed by atoms with Gasteiger partial charge in [0.15, 0.2) is 0 Å². The number of rotatable bonds is 5. The first kappa shape index (κ1) is 16.3. The van der Waals surface area contributed by atoms with Crippen molar-refractivity contribution >= 4 is 5.91 Å². The Labute approximate surface area is 152 Å². The Hall–Kier alpha value is -3.15. The van der Waals surface area contributed by atoms with E-state index >= 15 is 0 Å². The van der Waals surface area contributed by atoms with Gasteiger partial charge in [0.05, 0.1) is 12.2 Å². The average molecular weight is 348 g/mol. The van der Waals surface area contributed by atoms with E-state index in [1.54, 1.807) is 0 Å². The van der Waals surface area contributed by atoms with Crippen molar-refractivity contribution in [3.05, 3.63) is 77.6 Å². The van der Waals surface area contributed by atoms with Crippen molar-refractivity contribution in [3.8, 4) is 5.75 Å². The van der Waals surface area contributed by atoms with Crippen molar-refractivity contribution in [2.24, 2.45) is 0 Å². The number of likely N-dealkylation sites (tertiary alicyclic amines) is 1. The molecule has 0 bridgehead atoms. The molecule has 3 aromatic rings. The summed E-state index contributed by atoms with van der Waals surface area (Å²) in [5.41, 5.74) is 2.60. The minimum Gasteiger partial charge on any atom is -0.487 e. The smallest absolute Gasteiger partial charge is 0.254 e. The molecule has 132 valence electrons. The summed E-state index contributed by atoms with van der Waals surface area (Å²) in [4.78, 5) is 14.3. The van der Waals surface area contributed by atoms with Crippen molar-refractivity contribution in [1.29, 1.82) is 0 Å². The van der Waals surface area contributed by atoms with E-state index in [0.29, 0.717) is 19.7 Å². The molecule has 1 aliphatic heterocycles. The molecule has 1 aliphatic rings. The van der Waals surface area contributed by atoms with E-state index in [2.05, 4.69) is 10.3 Å². The van der Waals surface area contributed by atoms with Gasteiger partial charge < -0.3 is 9.64 Å². The number of nitrogens with zero attached hydrogens (tertiary/aromatic N) is 4. The SMILES string of the molecule is Cc1cccc(C(=O)N2CC(n3cc(COc4ccccc4)nn3)C2)c1. The second kappa shape index (κ2) is 7.00. The Morgan fingerprint density at radius 3 is 2.73 bits per heavy atom. The summed E-state index contributed by atoms with van der Waals surface area (Å²) in [6.45, 7) is 3.66. The van der Waals surface area contributed by atoms with Crippen LogP contribution in [0.15, 0.2) is 60.8 Å². The molecule has 2 heterocycles. The molecule has 1 aromatic heterocycles. The molecule has 4 rings (SSSR count). The molecular weight excluding hydrogens is 328 g/mol. The number of ether oxygens (including phenoxy) is 1. The summed E-state index contributed by atoms with van der Waals surface area (Å²) in [7, 11) is 0. The van der Waals surface area contributed by atoms with E-state index in [0.717, 1.165) is 22.6 Å². The van der Waals surface area contributed by atoms with Crippen LogP contribution in [-0.4, -0.2) is 38.9 Å². The van der Waals surface area contributed by atoms with Crippen molar-refractivity contribution in [2.45, 2.75) is 19.6 Å². The summed E-state index contributed by atoms with van der Waals surface area (Å²) in [5, 5.41) is 8.34. The van der Waals surface area contributed by atoms with Crippen molar-refractivity contribution in [1.82, 2.24) is 19.9 Å². The van der Waals surface area contributed by atoms with Gasteiger partial charge >= 0.3 is 0 Å². The highest BCUT2D eigenvalue weighted by Gasteiger charge is 2.33. The molecular formula is C20H20N4O2. The summed E-state index contributed by atoms with van der Waals surface area (Å²) in [5.74, 6) is 0.873. The zero-order chi connectivity index (χ0) is 17.9. The van der Waals surface area contributed by atoms with Crippen molar-refractivity contribution < 1.29 is 9.53 Å². The molecule has 0 atom stereocenters. The number of carbonyl (C=O) groups excluding carboxylic acids is 1. The van der Waals surface area contributed by atoms with Crippen LogP contribution in [0.25, 0.3) is 0 Å². The fourth-order valence-electron chi connectivity index (χ4n) is 2.98. The number of aryl methyl sites for hydroxylation is 1. The lowest BCUT2D eigenvalue weighted by molar-refractivity contribution is 0.0498. The van der Waals surface area contributed by atoms with Crippen LogP contribution in [-0.2, 0) is 6.61 Å². The van der Waals surface area contributed by atoms with Crippen molar-refractivity contribution in [2.75, 3.05) is 13.1 Å². The first-order valence-electron chi connectivity index (χ1n) is 8.63. The van der Waals surface area contributed by atoms with Gasteiger partial charge in [-0.1, -0.05) is 41.1 Å². The molecule has 1 saturated heterocycles. The summed E-state index contributed by atoms with van der Waals surface area (Å²) >= 11 is 0. The van der Waals surface area contributed by atoms with Crippen molar-refractivity contribution in [3.63, 3.8) is 0 Å². The molecule has 6 heteroatoms. The van der Waals surface area contributed by atoms with Gasteiger partial charge in [-0.3, -0.25) is 4.79 Å². The summed E-state index contributed by atoms with van der Waals surface area (Å²) < 4.78 is 7.51. The molecule has 0 unspecified atom stereocenters. The number of hydrogen-bond acceptors (Lipinski definition) is 4. The van der Waals surface area contributed by atoms with Gasteiger partial charge in [-0.2, -0.15) is 0 Å². The van der Waals surface area contributed by atoms with Gasteiger partial charge in [0.2, 0.25) is 0 Å². The molecule has 0 spiro atoms. The summed E-state index contributed by atoms with van der Waals surface area (Å²) in [6, 6.07) is 17.5. The number of para-hydroxylation sites is 1. The standard InChI is InChI=1S/C20H20N4O2/c1-15-6-5-7-16(10-15)20(25)23-12-18(13-23)24-11-17(21-22-24)14-26-19-8-3-2-4-9-19/h2-11,18H,12-14H2,1H3. The van der Waals surface area contributed by atoms with Crippen LogP contribution < -0.4 is 4.74 Å². The number of aromatic nitrogens is 3. The van der Waals surface area contributed by atoms with Crippen LogP contribution in [0.4, 0.5) is 0 Å². The number of hydrogen-bond donors (Lipinski definition) is 0. The molecule has 1 fully saturated rings. The number of carbonyl (C=O) groups is 1. The third-order valence-corrected chi connectivity index (χ3v) is 4.48. The van der Waals surface area contributed by atoms with Gasteiger partial charge in [0.1, 0.15) is 18.1 Å². The molecule has 0 N–H and O–H groups in total. The molecule has 1 amide bonds. The lowest BCUT2D eigenvalue weighted by Gasteiger charge is -2.38. The fraction of sp³-hybridized carbons (Fsp3) is 0.250. The van der Waals surface area contributed by atoms with Gasteiger partial charge in [-0.05, 0) is 31.2 Å². The van der Waals surface area contributed by atoms with Crippen LogP contribution in [0.3, 0.4) is 0 Å². The zero-order valence-electron chi connectivity index (χ0n) is 14.6. The van der Waals surface area contributed by atoms with Crippen LogP contribution >= 0.6 is 0 Å². The van der Waals surface area contributed by atoms with Gasteiger partial charge in [-0.25, -0.2) is 4.68 Å². The molecule has 2 aromatic carbocycles. The predicted molar refractivity (Wildman–Crippen MR) is 96.9 cm³/mol. The van der Waals surface area contributed by atoms with Crippen LogP contribution in [0, 0.1) is 6.92 Å². The van der Waals surface area contributed by atoms with Crippen LogP contribution in [0.2, 0.25) is 0 Å². The Balaban J connectivity index is 1.32. The van der Waals surface area contributed by atoms with Gasteiger partial charge in [0.25, 0.3) is 5.91 Å². The quantitative estimate of drug-likeness (QED) is 0.711. The maximum absolute atomic E-state index is 12.5. The number of benzene rings is 2. The van der Waals surface area contributed by atoms with Crippen LogP contribution in [0.5, 0.6) is 5.75 Å². The number of amides is 1. The fourth-order valence-corrected chi connectivity index (χ4v) is 2.98. The second-order valence-electron chi connectivity index (χ2n) is 6.53. The monoisotopic (exact) mass is 348 g/mol. The predicted octanol–water partition coefficient (Wildman–Crippen LogP) is 2.86. The third-order valence-electron chi connectivity index (χ3n) is 4.48. The van der Waals surface area contributed by atoms with E-state index < -0.39 is 0 Å². The Kier molecular flexibility index (Phi) is 4.39. The maximum atomic E-state index is 12.5. The van der Waals surface area contributed by atoms with Gasteiger partial charge in [-0.15, -0.1) is 5.10 Å². The average Bonchev–Trinajstić information content (AvgIpc) is 3.08. The highest BCUT2D eigenvalue weighted by Crippen LogP contribution is 2.23. The highest BCUT2D eigenvalue weighted by molar-refractivity contribution is 5.94. The van der Waals surface area contributed by atoms with E-state index in [9.17, 15) is 4.79 Å². The normalized spacial score (nSPS) is 14.1. The second-order valence-corrected chi connectivity index (χ2v) is 6.53. The molecule has 26 heavy (non-hydrogen) atoms. The first-order valence-corrected chi connectivity index (χ1v) is 8.63. The zero-order valence-corrected chi connectivity index (χ0v) is 14.6. The van der Waals surface area contributed by atoms with Gasteiger partial charge in [0, 0.05) is 18.7 Å². The molecule has 0 saturated carbocycles. The van der Waals surface area contributed by atoms with E-state index in [-0.39, 0.29) is 11.9 Å². The third kappa shape index (κ3) is 3.44. The largest absolute Gasteiger partial charge is 0.487 e. The lowest BCUT2D eigenvalue weighted by Crippen LogP contribution is -2.50. The highest BCUT2D eigenvalue weighted by atomic mass is 16.5. The summed E-state index contributed by atoms with van der Waals surface area (Å²) in [6.07, 6.45) is 1.89. The lowest BCUT2D eigenvalue weighted by atomic mass is 10.1. The molecule has 0 aliphatic carbocycles. The van der Waals surface area contributed by atoms with E-state index in [1.807, 2.05) is 77.3 Å². The minimum atomic E-state index is 0.0673. The van der Waals surface area contributed by atoms with E-state index in [1.165, 1.54) is 0 Å². The van der Waals surface area contributed by atoms with E-state index in [4.69, 9.17) is 4.74 Å². The minimum absolute atomic E-state index is 0.0673. The molecule has 0 radical (unpaired) electrons. The van der Waals surface area contributed by atoms with Crippen LogP contribution in [0.1, 0.15) is 27.7 Å². The Bertz CT molecular complexity index is 901. The Morgan fingerprint density at radius 2 is 1.96 bits per heavy atom. The topological polar surface area (TPSA) is 60.2 Å². The molecule has 6 nitrogen and oxygen atoms in total. The Morgan fingerprint density at radius 1 is 1.15 bits per heavy atom. The first-order chi connectivity index (χ1) is 12.7.